The van der Waals surface area contributed by atoms with Gasteiger partial charge in [-0.3, -0.25) is 29.4 Å². The van der Waals surface area contributed by atoms with E-state index < -0.39 is 35.5 Å². The third kappa shape index (κ3) is 6.74. The van der Waals surface area contributed by atoms with Crippen LogP contribution in [0.15, 0.2) is 59.1 Å². The minimum Gasteiger partial charge on any atom is -0.361 e. The van der Waals surface area contributed by atoms with Crippen LogP contribution in [0.4, 0.5) is 15.8 Å². The van der Waals surface area contributed by atoms with Crippen LogP contribution in [0.5, 0.6) is 0 Å². The number of nitrogens with one attached hydrogen (secondary N) is 1. The highest BCUT2D eigenvalue weighted by molar-refractivity contribution is 6.23. The summed E-state index contributed by atoms with van der Waals surface area (Å²) in [6.45, 7) is 16.6. The first-order chi connectivity index (χ1) is 25.4. The van der Waals surface area contributed by atoms with Crippen molar-refractivity contribution < 1.29 is 28.1 Å². The molecule has 0 radical (unpaired) electrons. The molecule has 10 nitrogen and oxygen atoms in total. The highest BCUT2D eigenvalue weighted by Gasteiger charge is 2.52. The molecule has 3 aromatic carbocycles. The first-order valence-corrected chi connectivity index (χ1v) is 18.3. The zero-order valence-electron chi connectivity index (χ0n) is 30.4. The molecule has 4 amide bonds. The van der Waals surface area contributed by atoms with Crippen LogP contribution < -0.4 is 10.2 Å². The molecule has 1 aromatic heterocycles. The lowest BCUT2D eigenvalue weighted by molar-refractivity contribution is -0.136. The molecule has 4 aromatic rings. The van der Waals surface area contributed by atoms with Gasteiger partial charge in [-0.25, -0.2) is 11.0 Å². The molecule has 3 aliphatic rings. The van der Waals surface area contributed by atoms with Gasteiger partial charge in [-0.2, -0.15) is 0 Å². The molecule has 11 heteroatoms. The molecule has 1 saturated heterocycles. The number of hydrogen-bond donors (Lipinski definition) is 1. The van der Waals surface area contributed by atoms with E-state index in [2.05, 4.69) is 76.5 Å². The summed E-state index contributed by atoms with van der Waals surface area (Å²) in [6.07, 6.45) is 4.55. The Morgan fingerprint density at radius 3 is 2.38 bits per heavy atom. The van der Waals surface area contributed by atoms with Gasteiger partial charge < -0.3 is 14.3 Å². The first-order valence-electron chi connectivity index (χ1n) is 18.3. The minimum absolute atomic E-state index is 0.0178. The van der Waals surface area contributed by atoms with Crippen LogP contribution in [-0.4, -0.2) is 46.3 Å². The van der Waals surface area contributed by atoms with Gasteiger partial charge in [-0.15, -0.1) is 0 Å². The Balaban J connectivity index is 1.05. The number of aromatic nitrogens is 1. The van der Waals surface area contributed by atoms with Crippen LogP contribution in [0.3, 0.4) is 0 Å². The molecule has 0 bridgehead atoms. The number of carbonyl (C=O) groups excluding carboxylic acids is 4. The summed E-state index contributed by atoms with van der Waals surface area (Å²) >= 11 is 0. The summed E-state index contributed by atoms with van der Waals surface area (Å²) in [4.78, 5) is 57.5. The van der Waals surface area contributed by atoms with Crippen LogP contribution in [0.2, 0.25) is 0 Å². The monoisotopic (exact) mass is 715 g/mol. The van der Waals surface area contributed by atoms with E-state index in [0.717, 1.165) is 88.3 Å². The van der Waals surface area contributed by atoms with Gasteiger partial charge in [0.1, 0.15) is 17.6 Å². The van der Waals surface area contributed by atoms with Crippen LogP contribution in [-0.2, 0) is 21.5 Å². The van der Waals surface area contributed by atoms with E-state index in [4.69, 9.17) is 11.1 Å². The lowest BCUT2D eigenvalue weighted by Gasteiger charge is -2.29. The van der Waals surface area contributed by atoms with Gasteiger partial charge in [0.15, 0.2) is 0 Å². The fourth-order valence-corrected chi connectivity index (χ4v) is 7.74. The molecule has 1 saturated carbocycles. The number of imide groups is 2. The van der Waals surface area contributed by atoms with Crippen molar-refractivity contribution in [1.82, 2.24) is 15.4 Å². The van der Waals surface area contributed by atoms with Crippen LogP contribution in [0.25, 0.3) is 16.0 Å². The number of piperidine rings is 1. The second-order valence-electron chi connectivity index (χ2n) is 14.8. The molecule has 0 spiro atoms. The summed E-state index contributed by atoms with van der Waals surface area (Å²) in [5.41, 5.74) is 7.11. The van der Waals surface area contributed by atoms with Crippen molar-refractivity contribution in [3.05, 3.63) is 111 Å². The number of anilines is 2. The van der Waals surface area contributed by atoms with Crippen molar-refractivity contribution in [2.24, 2.45) is 5.92 Å². The Morgan fingerprint density at radius 2 is 1.74 bits per heavy atom. The summed E-state index contributed by atoms with van der Waals surface area (Å²) in [5, 5.41) is 6.35. The van der Waals surface area contributed by atoms with Crippen molar-refractivity contribution in [3.8, 4) is 11.1 Å². The molecule has 2 unspecified atom stereocenters. The smallest absolute Gasteiger partial charge is 0.262 e. The van der Waals surface area contributed by atoms with Gasteiger partial charge in [-0.1, -0.05) is 30.6 Å². The summed E-state index contributed by atoms with van der Waals surface area (Å²) < 4.78 is 20.8. The fourth-order valence-electron chi connectivity index (χ4n) is 7.74. The van der Waals surface area contributed by atoms with Gasteiger partial charge in [0.25, 0.3) is 17.4 Å². The van der Waals surface area contributed by atoms with Crippen molar-refractivity contribution >= 4 is 35.0 Å². The predicted octanol–water partition coefficient (Wildman–Crippen LogP) is 7.90. The van der Waals surface area contributed by atoms with Crippen molar-refractivity contribution in [2.75, 3.05) is 11.4 Å². The quantitative estimate of drug-likeness (QED) is 0.117. The molecular weight excluding hydrogens is 673 g/mol. The first kappa shape index (κ1) is 35.8. The lowest BCUT2D eigenvalue weighted by Crippen LogP contribution is -2.54. The fraction of sp³-hybridized carbons (Fsp3) is 0.381. The number of benzene rings is 3. The molecule has 7 rings (SSSR count). The third-order valence-corrected chi connectivity index (χ3v) is 11.1. The van der Waals surface area contributed by atoms with E-state index in [1.165, 1.54) is 6.07 Å². The highest BCUT2D eigenvalue weighted by Crippen LogP contribution is 2.50. The molecule has 53 heavy (non-hydrogen) atoms. The van der Waals surface area contributed by atoms with Crippen molar-refractivity contribution in [2.45, 2.75) is 90.6 Å². The second-order valence-corrected chi connectivity index (χ2v) is 14.8. The molecule has 1 N–H and O–H groups in total. The molecule has 1 aliphatic carbocycles. The number of amides is 4. The standard InChI is InChI=1S/C42H42FN5O5/c1-24(7-6-8-28-21-32-33(23-34(28)43)41(52)48(40(32)51)35-15-16-37(49)45-39(35)50)17-20-47(31-13-11-30(12-14-31)42(44-5)18-19-42)36-22-29(10-9-25(36)2)38-26(3)46-53-27(38)4/h9-14,21-24,35H,6-8,15-20H2,1-4H3,(H,45,49,50). The van der Waals surface area contributed by atoms with Crippen LogP contribution in [0, 0.1) is 39.1 Å². The van der Waals surface area contributed by atoms with Gasteiger partial charge in [0.05, 0.1) is 16.8 Å². The summed E-state index contributed by atoms with van der Waals surface area (Å²) in [6, 6.07) is 16.2. The van der Waals surface area contributed by atoms with E-state index >= 15 is 4.39 Å². The second kappa shape index (κ2) is 14.1. The molecule has 2 fully saturated rings. The normalized spacial score (nSPS) is 18.1. The molecular formula is C42H42FN5O5. The van der Waals surface area contributed by atoms with Crippen LogP contribution in [0.1, 0.15) is 101 Å². The van der Waals surface area contributed by atoms with Gasteiger partial charge >= 0.3 is 0 Å². The van der Waals surface area contributed by atoms with Gasteiger partial charge in [0, 0.05) is 48.3 Å². The average Bonchev–Trinajstić information content (AvgIpc) is 3.82. The number of carbonyl (C=O) groups is 4. The number of hydrogen-bond acceptors (Lipinski definition) is 7. The topological polar surface area (TPSA) is 117 Å². The maximum Gasteiger partial charge on any atom is 0.262 e. The summed E-state index contributed by atoms with van der Waals surface area (Å²) in [7, 11) is 0. The largest absolute Gasteiger partial charge is 0.361 e. The Labute approximate surface area is 308 Å². The Kier molecular flexibility index (Phi) is 9.49. The van der Waals surface area contributed by atoms with E-state index in [-0.39, 0.29) is 35.4 Å². The van der Waals surface area contributed by atoms with Crippen molar-refractivity contribution in [3.63, 3.8) is 0 Å². The molecule has 272 valence electrons. The zero-order valence-corrected chi connectivity index (χ0v) is 30.4. The van der Waals surface area contributed by atoms with E-state index in [1.807, 2.05) is 13.8 Å². The predicted molar refractivity (Wildman–Crippen MR) is 197 cm³/mol. The maximum atomic E-state index is 15.3. The number of aryl methyl sites for hydroxylation is 4. The number of halogens is 1. The molecule has 2 atom stereocenters. The Morgan fingerprint density at radius 1 is 1.02 bits per heavy atom. The minimum atomic E-state index is -1.10. The Bertz CT molecular complexity index is 2160. The number of rotatable bonds is 12. The number of fused-ring (bicyclic) bond motifs is 1. The van der Waals surface area contributed by atoms with Gasteiger partial charge in [0.2, 0.25) is 11.8 Å². The zero-order chi connectivity index (χ0) is 37.6. The summed E-state index contributed by atoms with van der Waals surface area (Å²) in [5.74, 6) is -2.02. The molecule has 3 heterocycles. The van der Waals surface area contributed by atoms with E-state index in [0.29, 0.717) is 18.4 Å². The van der Waals surface area contributed by atoms with Crippen molar-refractivity contribution in [1.29, 1.82) is 0 Å². The van der Waals surface area contributed by atoms with E-state index in [1.54, 1.807) is 0 Å². The van der Waals surface area contributed by atoms with Crippen LogP contribution >= 0.6 is 0 Å². The third-order valence-electron chi connectivity index (χ3n) is 11.1. The lowest BCUT2D eigenvalue weighted by atomic mass is 9.95. The highest BCUT2D eigenvalue weighted by atomic mass is 19.1. The van der Waals surface area contributed by atoms with E-state index in [9.17, 15) is 19.2 Å². The SMILES string of the molecule is [C-]#[N+]C1(c2ccc(N(CCC(C)CCCc3cc4c(cc3F)C(=O)N(C3CCC(=O)NC3=O)C4=O)c3cc(-c4c(C)noc4C)ccc3C)cc2)CC1. The Hall–Kier alpha value is -5.63. The average molecular weight is 716 g/mol. The molecule has 2 aliphatic heterocycles. The van der Waals surface area contributed by atoms with Gasteiger partial charge in [-0.05, 0) is 112 Å². The maximum absolute atomic E-state index is 15.3. The number of nitrogens with zero attached hydrogens (tertiary/aromatic N) is 4.